The zero-order valence-electron chi connectivity index (χ0n) is 13.0. The van der Waals surface area contributed by atoms with Gasteiger partial charge in [0.15, 0.2) is 0 Å². The van der Waals surface area contributed by atoms with E-state index in [2.05, 4.69) is 20.8 Å². The average Bonchev–Trinajstić information content (AvgIpc) is 2.41. The number of aromatic hydroxyl groups is 1. The van der Waals surface area contributed by atoms with Crippen molar-refractivity contribution in [3.8, 4) is 5.75 Å². The van der Waals surface area contributed by atoms with Crippen molar-refractivity contribution in [1.29, 1.82) is 0 Å². The molecule has 0 bridgehead atoms. The minimum absolute atomic E-state index is 0.456. The lowest BCUT2D eigenvalue weighted by atomic mass is 9.90. The molecule has 0 aromatic heterocycles. The molecule has 1 nitrogen and oxygen atoms in total. The smallest absolute Gasteiger partial charge is 0.116 e. The normalized spacial score (nSPS) is 10.9. The molecule has 0 saturated heterocycles. The molecule has 1 rings (SSSR count). The molecular weight excluding hydrogens is 232 g/mol. The van der Waals surface area contributed by atoms with Crippen LogP contribution >= 0.6 is 0 Å². The van der Waals surface area contributed by atoms with Gasteiger partial charge in [0.1, 0.15) is 5.75 Å². The number of phenolic OH excluding ortho intramolecular Hbond substituents is 1. The van der Waals surface area contributed by atoms with E-state index < -0.39 is 0 Å². The second kappa shape index (κ2) is 9.01. The first kappa shape index (κ1) is 16.1. The van der Waals surface area contributed by atoms with E-state index in [9.17, 15) is 5.11 Å². The number of unbranched alkanes of at least 4 members (excludes halogenated alkanes) is 3. The Bertz CT molecular complexity index is 339. The van der Waals surface area contributed by atoms with Gasteiger partial charge in [-0.15, -0.1) is 0 Å². The Labute approximate surface area is 119 Å². The van der Waals surface area contributed by atoms with E-state index in [4.69, 9.17) is 0 Å². The van der Waals surface area contributed by atoms with Crippen molar-refractivity contribution in [3.05, 3.63) is 28.8 Å². The molecule has 1 heteroatoms. The Morgan fingerprint density at radius 1 is 0.737 bits per heavy atom. The molecule has 0 aliphatic heterocycles. The topological polar surface area (TPSA) is 20.2 Å². The number of rotatable bonds is 9. The van der Waals surface area contributed by atoms with Crippen LogP contribution in [0.2, 0.25) is 0 Å². The third-order valence-corrected chi connectivity index (χ3v) is 3.80. The van der Waals surface area contributed by atoms with Crippen molar-refractivity contribution in [1.82, 2.24) is 0 Å². The molecule has 19 heavy (non-hydrogen) atoms. The molecule has 0 radical (unpaired) electrons. The Balaban J connectivity index is 2.99. The van der Waals surface area contributed by atoms with Crippen LogP contribution in [0.15, 0.2) is 12.1 Å². The van der Waals surface area contributed by atoms with Crippen LogP contribution in [0.1, 0.15) is 76.0 Å². The highest BCUT2D eigenvalue weighted by atomic mass is 16.3. The fourth-order valence-electron chi connectivity index (χ4n) is 2.63. The molecule has 0 aliphatic carbocycles. The van der Waals surface area contributed by atoms with Gasteiger partial charge in [0.05, 0.1) is 0 Å². The van der Waals surface area contributed by atoms with Crippen molar-refractivity contribution in [2.45, 2.75) is 78.6 Å². The van der Waals surface area contributed by atoms with Gasteiger partial charge < -0.3 is 5.11 Å². The number of hydrogen-bond acceptors (Lipinski definition) is 1. The maximum atomic E-state index is 9.94. The first-order valence-electron chi connectivity index (χ1n) is 8.06. The third-order valence-electron chi connectivity index (χ3n) is 3.80. The summed E-state index contributed by atoms with van der Waals surface area (Å²) in [6.07, 6.45) is 10.8. The van der Waals surface area contributed by atoms with Crippen molar-refractivity contribution < 1.29 is 5.11 Å². The van der Waals surface area contributed by atoms with Gasteiger partial charge in [-0.2, -0.15) is 0 Å². The summed E-state index contributed by atoms with van der Waals surface area (Å²) in [5, 5.41) is 9.94. The lowest BCUT2D eigenvalue weighted by Crippen LogP contribution is -2.01. The summed E-state index contributed by atoms with van der Waals surface area (Å²) in [7, 11) is 0. The van der Waals surface area contributed by atoms with Crippen molar-refractivity contribution in [3.63, 3.8) is 0 Å². The lowest BCUT2D eigenvalue weighted by molar-refractivity contribution is 0.472. The zero-order valence-corrected chi connectivity index (χ0v) is 13.0. The van der Waals surface area contributed by atoms with Gasteiger partial charge in [0.2, 0.25) is 0 Å². The summed E-state index contributed by atoms with van der Waals surface area (Å²) in [4.78, 5) is 0. The van der Waals surface area contributed by atoms with Gasteiger partial charge in [0, 0.05) is 0 Å². The molecule has 1 aromatic rings. The largest absolute Gasteiger partial charge is 0.508 e. The van der Waals surface area contributed by atoms with Crippen molar-refractivity contribution in [2.75, 3.05) is 0 Å². The minimum Gasteiger partial charge on any atom is -0.508 e. The zero-order chi connectivity index (χ0) is 14.1. The van der Waals surface area contributed by atoms with Crippen molar-refractivity contribution >= 4 is 0 Å². The summed E-state index contributed by atoms with van der Waals surface area (Å²) in [5.74, 6) is 0.456. The average molecular weight is 262 g/mol. The Morgan fingerprint density at radius 2 is 1.16 bits per heavy atom. The predicted octanol–water partition coefficient (Wildman–Crippen LogP) is 5.42. The number of benzene rings is 1. The van der Waals surface area contributed by atoms with E-state index in [1.807, 2.05) is 12.1 Å². The van der Waals surface area contributed by atoms with E-state index in [1.54, 1.807) is 0 Å². The second-order valence-corrected chi connectivity index (χ2v) is 5.55. The van der Waals surface area contributed by atoms with Gasteiger partial charge in [-0.25, -0.2) is 0 Å². The van der Waals surface area contributed by atoms with Gasteiger partial charge in [0.25, 0.3) is 0 Å². The third kappa shape index (κ3) is 5.26. The van der Waals surface area contributed by atoms with Gasteiger partial charge >= 0.3 is 0 Å². The van der Waals surface area contributed by atoms with E-state index in [1.165, 1.54) is 61.6 Å². The second-order valence-electron chi connectivity index (χ2n) is 5.55. The number of hydrogen-bond donors (Lipinski definition) is 1. The number of phenols is 1. The maximum absolute atomic E-state index is 9.94. The Kier molecular flexibility index (Phi) is 7.62. The first-order valence-corrected chi connectivity index (χ1v) is 8.06. The lowest BCUT2D eigenvalue weighted by Gasteiger charge is -2.16. The molecule has 0 unspecified atom stereocenters. The van der Waals surface area contributed by atoms with E-state index >= 15 is 0 Å². The molecule has 0 amide bonds. The van der Waals surface area contributed by atoms with E-state index in [-0.39, 0.29) is 0 Å². The molecule has 0 atom stereocenters. The van der Waals surface area contributed by atoms with Crippen LogP contribution in [0.4, 0.5) is 0 Å². The molecule has 0 saturated carbocycles. The standard InChI is InChI=1S/C18H30O/c1-4-7-10-15-13-17(19)14-16(11-8-5-2)18(15)12-9-6-3/h13-14,19H,4-12H2,1-3H3. The summed E-state index contributed by atoms with van der Waals surface area (Å²) in [6, 6.07) is 3.99. The molecule has 108 valence electrons. The van der Waals surface area contributed by atoms with Crippen LogP contribution in [0, 0.1) is 0 Å². The Hall–Kier alpha value is -0.980. The molecule has 0 spiro atoms. The van der Waals surface area contributed by atoms with Crippen LogP contribution < -0.4 is 0 Å². The van der Waals surface area contributed by atoms with Crippen LogP contribution in [0.3, 0.4) is 0 Å². The summed E-state index contributed by atoms with van der Waals surface area (Å²) < 4.78 is 0. The summed E-state index contributed by atoms with van der Waals surface area (Å²) >= 11 is 0. The monoisotopic (exact) mass is 262 g/mol. The molecule has 1 N–H and O–H groups in total. The predicted molar refractivity (Wildman–Crippen MR) is 83.9 cm³/mol. The van der Waals surface area contributed by atoms with Crippen LogP contribution in [0.5, 0.6) is 5.75 Å². The van der Waals surface area contributed by atoms with Crippen LogP contribution in [-0.4, -0.2) is 5.11 Å². The summed E-state index contributed by atoms with van der Waals surface area (Å²) in [6.45, 7) is 6.71. The van der Waals surface area contributed by atoms with Crippen LogP contribution in [0.25, 0.3) is 0 Å². The molecular formula is C18H30O. The van der Waals surface area contributed by atoms with Gasteiger partial charge in [-0.1, -0.05) is 40.0 Å². The van der Waals surface area contributed by atoms with Crippen molar-refractivity contribution in [2.24, 2.45) is 0 Å². The molecule has 0 fully saturated rings. The van der Waals surface area contributed by atoms with E-state index in [0.29, 0.717) is 5.75 Å². The van der Waals surface area contributed by atoms with E-state index in [0.717, 1.165) is 12.8 Å². The molecule has 0 heterocycles. The highest BCUT2D eigenvalue weighted by Crippen LogP contribution is 2.26. The quantitative estimate of drug-likeness (QED) is 0.630. The highest BCUT2D eigenvalue weighted by molar-refractivity contribution is 5.42. The van der Waals surface area contributed by atoms with Gasteiger partial charge in [-0.3, -0.25) is 0 Å². The molecule has 0 aliphatic rings. The summed E-state index contributed by atoms with van der Waals surface area (Å²) in [5.41, 5.74) is 4.31. The SMILES string of the molecule is CCCCc1cc(O)cc(CCCC)c1CCCC. The number of aryl methyl sites for hydroxylation is 2. The minimum atomic E-state index is 0.456. The molecule has 1 aromatic carbocycles. The maximum Gasteiger partial charge on any atom is 0.116 e. The Morgan fingerprint density at radius 3 is 1.58 bits per heavy atom. The van der Waals surface area contributed by atoms with Gasteiger partial charge in [-0.05, 0) is 67.3 Å². The highest BCUT2D eigenvalue weighted by Gasteiger charge is 2.10. The van der Waals surface area contributed by atoms with Crippen LogP contribution in [-0.2, 0) is 19.3 Å². The fraction of sp³-hybridized carbons (Fsp3) is 0.667. The fourth-order valence-corrected chi connectivity index (χ4v) is 2.63. The first-order chi connectivity index (χ1) is 9.22.